The lowest BCUT2D eigenvalue weighted by molar-refractivity contribution is 0.161. The first-order valence-electron chi connectivity index (χ1n) is 7.49. The Labute approximate surface area is 134 Å². The van der Waals surface area contributed by atoms with Crippen molar-refractivity contribution in [1.29, 1.82) is 0 Å². The van der Waals surface area contributed by atoms with Gasteiger partial charge in [-0.25, -0.2) is 0 Å². The lowest BCUT2D eigenvalue weighted by atomic mass is 10.0. The van der Waals surface area contributed by atoms with Crippen molar-refractivity contribution < 1.29 is 4.74 Å². The molecule has 1 aliphatic rings. The summed E-state index contributed by atoms with van der Waals surface area (Å²) in [5, 5.41) is 8.01. The normalized spacial score (nSPS) is 18.8. The Morgan fingerprint density at radius 1 is 1.33 bits per heavy atom. The van der Waals surface area contributed by atoms with E-state index in [9.17, 15) is 0 Å². The van der Waals surface area contributed by atoms with Gasteiger partial charge in [0, 0.05) is 16.7 Å². The maximum atomic E-state index is 6.24. The number of nitrogens with one attached hydrogen (secondary N) is 1. The van der Waals surface area contributed by atoms with Crippen LogP contribution in [-0.4, -0.2) is 24.4 Å². The van der Waals surface area contributed by atoms with Crippen molar-refractivity contribution in [2.45, 2.75) is 36.8 Å². The van der Waals surface area contributed by atoms with E-state index in [1.807, 2.05) is 11.8 Å². The topological polar surface area (TPSA) is 21.3 Å². The molecule has 21 heavy (non-hydrogen) atoms. The van der Waals surface area contributed by atoms with Gasteiger partial charge in [0.1, 0.15) is 11.9 Å². The summed E-state index contributed by atoms with van der Waals surface area (Å²) in [7, 11) is 0. The summed E-state index contributed by atoms with van der Waals surface area (Å²) in [5.41, 5.74) is 1.44. The van der Waals surface area contributed by atoms with Gasteiger partial charge in [-0.05, 0) is 53.9 Å². The lowest BCUT2D eigenvalue weighted by Gasteiger charge is -2.32. The summed E-state index contributed by atoms with van der Waals surface area (Å²) in [6, 6.07) is 11.0. The van der Waals surface area contributed by atoms with E-state index in [1.165, 1.54) is 10.5 Å². The highest BCUT2D eigenvalue weighted by Crippen LogP contribution is 2.36. The number of hydrogen-bond acceptors (Lipinski definition) is 4. The van der Waals surface area contributed by atoms with E-state index >= 15 is 0 Å². The summed E-state index contributed by atoms with van der Waals surface area (Å²) in [4.78, 5) is 1.27. The molecule has 0 spiro atoms. The zero-order chi connectivity index (χ0) is 14.5. The average molecular weight is 319 g/mol. The second-order valence-electron chi connectivity index (χ2n) is 5.25. The van der Waals surface area contributed by atoms with Gasteiger partial charge in [-0.15, -0.1) is 11.8 Å². The summed E-state index contributed by atoms with van der Waals surface area (Å²) >= 11 is 3.69. The van der Waals surface area contributed by atoms with Crippen LogP contribution in [0, 0.1) is 0 Å². The molecular weight excluding hydrogens is 298 g/mol. The SMILES string of the molecule is CCNC(CCc1ccsc1)C1CSc2ccccc2O1. The van der Waals surface area contributed by atoms with Crippen molar-refractivity contribution in [3.05, 3.63) is 46.7 Å². The molecule has 2 nitrogen and oxygen atoms in total. The number of fused-ring (bicyclic) bond motifs is 1. The lowest BCUT2D eigenvalue weighted by Crippen LogP contribution is -2.45. The summed E-state index contributed by atoms with van der Waals surface area (Å²) in [6.07, 6.45) is 2.49. The molecule has 0 fully saturated rings. The van der Waals surface area contributed by atoms with Crippen LogP contribution in [0.2, 0.25) is 0 Å². The molecule has 0 amide bonds. The molecule has 1 aromatic heterocycles. The van der Waals surface area contributed by atoms with E-state index in [0.29, 0.717) is 6.04 Å². The molecule has 0 saturated carbocycles. The molecule has 1 N–H and O–H groups in total. The van der Waals surface area contributed by atoms with Crippen LogP contribution < -0.4 is 10.1 Å². The Kier molecular flexibility index (Phi) is 5.22. The van der Waals surface area contributed by atoms with Gasteiger partial charge in [-0.3, -0.25) is 0 Å². The smallest absolute Gasteiger partial charge is 0.133 e. The molecule has 0 saturated heterocycles. The molecule has 2 heterocycles. The van der Waals surface area contributed by atoms with E-state index < -0.39 is 0 Å². The Bertz CT molecular complexity index is 556. The van der Waals surface area contributed by atoms with Gasteiger partial charge in [0.25, 0.3) is 0 Å². The molecule has 2 atom stereocenters. The maximum Gasteiger partial charge on any atom is 0.133 e. The maximum absolute atomic E-state index is 6.24. The standard InChI is InChI=1S/C17H21NOS2/c1-2-18-14(8-7-13-9-10-20-11-13)16-12-21-17-6-4-3-5-15(17)19-16/h3-6,9-11,14,16,18H,2,7-8,12H2,1H3. The van der Waals surface area contributed by atoms with Crippen LogP contribution >= 0.6 is 23.1 Å². The van der Waals surface area contributed by atoms with Crippen molar-refractivity contribution in [2.24, 2.45) is 0 Å². The van der Waals surface area contributed by atoms with Crippen LogP contribution in [0.4, 0.5) is 0 Å². The van der Waals surface area contributed by atoms with Gasteiger partial charge in [-0.2, -0.15) is 11.3 Å². The zero-order valence-corrected chi connectivity index (χ0v) is 13.9. The minimum atomic E-state index is 0.253. The van der Waals surface area contributed by atoms with Gasteiger partial charge >= 0.3 is 0 Å². The molecule has 0 bridgehead atoms. The number of thiophene rings is 1. The third kappa shape index (κ3) is 3.82. The number of aryl methyl sites for hydroxylation is 1. The summed E-state index contributed by atoms with van der Waals surface area (Å²) in [6.45, 7) is 3.15. The van der Waals surface area contributed by atoms with Crippen molar-refractivity contribution >= 4 is 23.1 Å². The number of likely N-dealkylation sites (N-methyl/N-ethyl adjacent to an activating group) is 1. The third-order valence-corrected chi connectivity index (χ3v) is 5.65. The molecule has 1 aromatic carbocycles. The number of benzene rings is 1. The molecule has 4 heteroatoms. The van der Waals surface area contributed by atoms with Gasteiger partial charge < -0.3 is 10.1 Å². The van der Waals surface area contributed by atoms with E-state index in [2.05, 4.69) is 53.3 Å². The van der Waals surface area contributed by atoms with Gasteiger partial charge in [0.05, 0.1) is 0 Å². The fourth-order valence-electron chi connectivity index (χ4n) is 2.67. The molecule has 112 valence electrons. The highest BCUT2D eigenvalue weighted by molar-refractivity contribution is 7.99. The van der Waals surface area contributed by atoms with E-state index in [1.54, 1.807) is 11.3 Å². The second-order valence-corrected chi connectivity index (χ2v) is 7.09. The first-order valence-corrected chi connectivity index (χ1v) is 9.42. The number of rotatable bonds is 6. The molecule has 0 aliphatic carbocycles. The quantitative estimate of drug-likeness (QED) is 0.861. The van der Waals surface area contributed by atoms with E-state index in [-0.39, 0.29) is 6.10 Å². The molecular formula is C17H21NOS2. The zero-order valence-electron chi connectivity index (χ0n) is 12.2. The van der Waals surface area contributed by atoms with Crippen molar-refractivity contribution in [3.8, 4) is 5.75 Å². The van der Waals surface area contributed by atoms with E-state index in [4.69, 9.17) is 4.74 Å². The summed E-state index contributed by atoms with van der Waals surface area (Å²) < 4.78 is 6.24. The first-order chi connectivity index (χ1) is 10.4. The minimum absolute atomic E-state index is 0.253. The first kappa shape index (κ1) is 14.9. The Hall–Kier alpha value is -0.970. The Balaban J connectivity index is 1.64. The fourth-order valence-corrected chi connectivity index (χ4v) is 4.45. The van der Waals surface area contributed by atoms with Crippen molar-refractivity contribution in [3.63, 3.8) is 0 Å². The third-order valence-electron chi connectivity index (χ3n) is 3.77. The van der Waals surface area contributed by atoms with Crippen molar-refractivity contribution in [2.75, 3.05) is 12.3 Å². The minimum Gasteiger partial charge on any atom is -0.487 e. The van der Waals surface area contributed by atoms with Crippen LogP contribution in [0.5, 0.6) is 5.75 Å². The number of hydrogen-bond donors (Lipinski definition) is 1. The van der Waals surface area contributed by atoms with Gasteiger partial charge in [0.2, 0.25) is 0 Å². The van der Waals surface area contributed by atoms with Gasteiger partial charge in [0.15, 0.2) is 0 Å². The highest BCUT2D eigenvalue weighted by atomic mass is 32.2. The largest absolute Gasteiger partial charge is 0.487 e. The fraction of sp³-hybridized carbons (Fsp3) is 0.412. The van der Waals surface area contributed by atoms with Crippen LogP contribution in [0.25, 0.3) is 0 Å². The van der Waals surface area contributed by atoms with Crippen LogP contribution in [0.1, 0.15) is 18.9 Å². The molecule has 3 rings (SSSR count). The van der Waals surface area contributed by atoms with Crippen LogP contribution in [0.15, 0.2) is 46.0 Å². The van der Waals surface area contributed by atoms with Crippen LogP contribution in [-0.2, 0) is 6.42 Å². The van der Waals surface area contributed by atoms with Crippen molar-refractivity contribution in [1.82, 2.24) is 5.32 Å². The van der Waals surface area contributed by atoms with Gasteiger partial charge in [-0.1, -0.05) is 19.1 Å². The predicted octanol–water partition coefficient (Wildman–Crippen LogP) is 4.21. The monoisotopic (exact) mass is 319 g/mol. The second kappa shape index (κ2) is 7.34. The summed E-state index contributed by atoms with van der Waals surface area (Å²) in [5.74, 6) is 2.07. The molecule has 2 aromatic rings. The molecule has 1 aliphatic heterocycles. The number of ether oxygens (including phenoxy) is 1. The highest BCUT2D eigenvalue weighted by Gasteiger charge is 2.27. The Morgan fingerprint density at radius 3 is 3.05 bits per heavy atom. The molecule has 2 unspecified atom stereocenters. The number of para-hydroxylation sites is 1. The number of thioether (sulfide) groups is 1. The Morgan fingerprint density at radius 2 is 2.24 bits per heavy atom. The van der Waals surface area contributed by atoms with E-state index in [0.717, 1.165) is 30.9 Å². The average Bonchev–Trinajstić information content (AvgIpc) is 3.04. The van der Waals surface area contributed by atoms with Crippen LogP contribution in [0.3, 0.4) is 0 Å². The predicted molar refractivity (Wildman–Crippen MR) is 91.7 cm³/mol. The molecule has 0 radical (unpaired) electrons.